The zero-order chi connectivity index (χ0) is 14.6. The van der Waals surface area contributed by atoms with E-state index in [2.05, 4.69) is 10.5 Å². The van der Waals surface area contributed by atoms with Crippen molar-refractivity contribution in [3.63, 3.8) is 0 Å². The van der Waals surface area contributed by atoms with Crippen LogP contribution in [-0.4, -0.2) is 34.3 Å². The summed E-state index contributed by atoms with van der Waals surface area (Å²) < 4.78 is 9.95. The van der Waals surface area contributed by atoms with Gasteiger partial charge in [-0.25, -0.2) is 4.79 Å². The van der Waals surface area contributed by atoms with E-state index < -0.39 is 17.4 Å². The zero-order valence-corrected chi connectivity index (χ0v) is 11.3. The van der Waals surface area contributed by atoms with E-state index in [1.807, 2.05) is 0 Å². The molecule has 0 spiro atoms. The van der Waals surface area contributed by atoms with Crippen LogP contribution in [0.15, 0.2) is 10.6 Å². The number of carboxylic acid groups (broad SMARTS) is 1. The Bertz CT molecular complexity index is 491. The summed E-state index contributed by atoms with van der Waals surface area (Å²) in [4.78, 5) is 23.2. The number of nitrogens with one attached hydrogen (secondary N) is 1. The molecule has 1 amide bonds. The molecule has 7 heteroatoms. The van der Waals surface area contributed by atoms with E-state index in [1.165, 1.54) is 0 Å². The summed E-state index contributed by atoms with van der Waals surface area (Å²) in [5.74, 6) is -0.654. The number of ether oxygens (including phenoxy) is 1. The van der Waals surface area contributed by atoms with Gasteiger partial charge in [0.2, 0.25) is 0 Å². The fourth-order valence-corrected chi connectivity index (χ4v) is 2.40. The molecule has 1 aromatic heterocycles. The molecule has 2 N–H and O–H groups in total. The van der Waals surface area contributed by atoms with Gasteiger partial charge in [-0.3, -0.25) is 4.79 Å². The highest BCUT2D eigenvalue weighted by Crippen LogP contribution is 2.28. The van der Waals surface area contributed by atoms with Crippen molar-refractivity contribution in [3.05, 3.63) is 11.8 Å². The molecule has 0 unspecified atom stereocenters. The minimum Gasteiger partial charge on any atom is -0.480 e. The van der Waals surface area contributed by atoms with Crippen LogP contribution in [0.25, 0.3) is 0 Å². The van der Waals surface area contributed by atoms with Crippen LogP contribution in [0.1, 0.15) is 37.9 Å². The predicted octanol–water partition coefficient (Wildman–Crippen LogP) is 1.27. The maximum Gasteiger partial charge on any atom is 0.329 e. The third-order valence-corrected chi connectivity index (χ3v) is 3.45. The molecular formula is C13H18N2O5. The number of aryl methyl sites for hydroxylation is 1. The van der Waals surface area contributed by atoms with Crippen LogP contribution in [0, 0.1) is 6.92 Å². The van der Waals surface area contributed by atoms with Crippen LogP contribution >= 0.6 is 0 Å². The van der Waals surface area contributed by atoms with Crippen LogP contribution in [0.4, 0.5) is 0 Å². The number of amides is 1. The fourth-order valence-electron chi connectivity index (χ4n) is 2.40. The van der Waals surface area contributed by atoms with Gasteiger partial charge in [0.1, 0.15) is 11.3 Å². The van der Waals surface area contributed by atoms with E-state index in [0.717, 1.165) is 19.3 Å². The van der Waals surface area contributed by atoms with Gasteiger partial charge < -0.3 is 19.7 Å². The maximum absolute atomic E-state index is 11.8. The first-order valence-electron chi connectivity index (χ1n) is 6.62. The number of aromatic nitrogens is 1. The monoisotopic (exact) mass is 282 g/mol. The molecule has 1 fully saturated rings. The first-order chi connectivity index (χ1) is 9.52. The first-order valence-corrected chi connectivity index (χ1v) is 6.62. The summed E-state index contributed by atoms with van der Waals surface area (Å²) in [6.45, 7) is 1.43. The molecule has 7 nitrogen and oxygen atoms in total. The van der Waals surface area contributed by atoms with Gasteiger partial charge in [0.25, 0.3) is 11.8 Å². The van der Waals surface area contributed by atoms with Crippen molar-refractivity contribution in [1.29, 1.82) is 0 Å². The molecule has 110 valence electrons. The Labute approximate surface area is 116 Å². The molecule has 0 bridgehead atoms. The van der Waals surface area contributed by atoms with Gasteiger partial charge in [0, 0.05) is 6.07 Å². The molecule has 0 aromatic carbocycles. The van der Waals surface area contributed by atoms with Crippen molar-refractivity contribution in [1.82, 2.24) is 10.5 Å². The van der Waals surface area contributed by atoms with Crippen molar-refractivity contribution in [3.8, 4) is 5.88 Å². The minimum absolute atomic E-state index is 0.214. The Hall–Kier alpha value is -2.05. The smallest absolute Gasteiger partial charge is 0.329 e. The minimum atomic E-state index is -1.15. The summed E-state index contributed by atoms with van der Waals surface area (Å²) in [7, 11) is 0. The molecule has 2 rings (SSSR count). The van der Waals surface area contributed by atoms with Crippen molar-refractivity contribution < 1.29 is 24.0 Å². The van der Waals surface area contributed by atoms with Gasteiger partial charge in [-0.05, 0) is 24.9 Å². The Morgan fingerprint density at radius 3 is 2.70 bits per heavy atom. The Kier molecular flexibility index (Phi) is 4.26. The molecule has 20 heavy (non-hydrogen) atoms. The largest absolute Gasteiger partial charge is 0.480 e. The normalized spacial score (nSPS) is 17.4. The lowest BCUT2D eigenvalue weighted by atomic mass is 9.81. The van der Waals surface area contributed by atoms with E-state index in [-0.39, 0.29) is 12.5 Å². The molecule has 0 saturated heterocycles. The van der Waals surface area contributed by atoms with Crippen LogP contribution in [0.2, 0.25) is 0 Å². The summed E-state index contributed by atoms with van der Waals surface area (Å²) in [6.07, 6.45) is 3.51. The van der Waals surface area contributed by atoms with Crippen LogP contribution in [0.5, 0.6) is 5.88 Å². The molecule has 1 heterocycles. The van der Waals surface area contributed by atoms with Crippen molar-refractivity contribution in [2.75, 3.05) is 6.61 Å². The fraction of sp³-hybridized carbons (Fsp3) is 0.615. The van der Waals surface area contributed by atoms with Gasteiger partial charge in [-0.1, -0.05) is 19.3 Å². The van der Waals surface area contributed by atoms with Gasteiger partial charge in [-0.2, -0.15) is 0 Å². The van der Waals surface area contributed by atoms with E-state index in [9.17, 15) is 14.7 Å². The quantitative estimate of drug-likeness (QED) is 0.843. The molecule has 1 aliphatic carbocycles. The molecule has 1 aliphatic rings. The molecule has 0 atom stereocenters. The molecule has 1 saturated carbocycles. The second-order valence-electron chi connectivity index (χ2n) is 5.06. The number of aliphatic carboxylic acids is 1. The highest BCUT2D eigenvalue weighted by atomic mass is 16.5. The lowest BCUT2D eigenvalue weighted by Crippen LogP contribution is -2.56. The Morgan fingerprint density at radius 1 is 1.45 bits per heavy atom. The maximum atomic E-state index is 11.8. The van der Waals surface area contributed by atoms with Gasteiger partial charge in [-0.15, -0.1) is 0 Å². The average molecular weight is 282 g/mol. The van der Waals surface area contributed by atoms with E-state index >= 15 is 0 Å². The summed E-state index contributed by atoms with van der Waals surface area (Å²) in [5, 5.41) is 15.5. The van der Waals surface area contributed by atoms with E-state index in [1.54, 1.807) is 13.0 Å². The first kappa shape index (κ1) is 14.4. The number of carbonyl (C=O) groups excluding carboxylic acids is 1. The third kappa shape index (κ3) is 3.28. The number of hydrogen-bond acceptors (Lipinski definition) is 5. The summed E-state index contributed by atoms with van der Waals surface area (Å²) in [6, 6.07) is 1.56. The standard InChI is InChI=1S/C13H18N2O5/c1-9-7-11(15-20-9)19-8-10(16)14-13(12(17)18)5-3-2-4-6-13/h7H,2-6,8H2,1H3,(H,14,16)(H,17,18). The number of carbonyl (C=O) groups is 2. The van der Waals surface area contributed by atoms with Crippen LogP contribution in [0.3, 0.4) is 0 Å². The second kappa shape index (κ2) is 5.94. The number of nitrogens with zero attached hydrogens (tertiary/aromatic N) is 1. The highest BCUT2D eigenvalue weighted by molar-refractivity contribution is 5.87. The Morgan fingerprint density at radius 2 is 2.15 bits per heavy atom. The molecule has 0 radical (unpaired) electrons. The van der Waals surface area contributed by atoms with E-state index in [4.69, 9.17) is 9.26 Å². The highest BCUT2D eigenvalue weighted by Gasteiger charge is 2.40. The lowest BCUT2D eigenvalue weighted by molar-refractivity contribution is -0.149. The molecule has 1 aromatic rings. The number of rotatable bonds is 5. The van der Waals surface area contributed by atoms with E-state index in [0.29, 0.717) is 18.6 Å². The molecular weight excluding hydrogens is 264 g/mol. The summed E-state index contributed by atoms with van der Waals surface area (Å²) in [5.41, 5.74) is -1.15. The lowest BCUT2D eigenvalue weighted by Gasteiger charge is -2.33. The Balaban J connectivity index is 1.90. The number of hydrogen-bond donors (Lipinski definition) is 2. The van der Waals surface area contributed by atoms with Crippen molar-refractivity contribution >= 4 is 11.9 Å². The molecule has 0 aliphatic heterocycles. The SMILES string of the molecule is Cc1cc(OCC(=O)NC2(C(=O)O)CCCCC2)no1. The average Bonchev–Trinajstić information content (AvgIpc) is 2.83. The summed E-state index contributed by atoms with van der Waals surface area (Å²) >= 11 is 0. The third-order valence-electron chi connectivity index (χ3n) is 3.45. The van der Waals surface area contributed by atoms with Gasteiger partial charge >= 0.3 is 5.97 Å². The van der Waals surface area contributed by atoms with Crippen LogP contribution in [-0.2, 0) is 9.59 Å². The van der Waals surface area contributed by atoms with Gasteiger partial charge in [0.05, 0.1) is 0 Å². The van der Waals surface area contributed by atoms with Crippen molar-refractivity contribution in [2.45, 2.75) is 44.6 Å². The van der Waals surface area contributed by atoms with Crippen molar-refractivity contribution in [2.24, 2.45) is 0 Å². The van der Waals surface area contributed by atoms with Gasteiger partial charge in [0.15, 0.2) is 6.61 Å². The topological polar surface area (TPSA) is 102 Å². The van der Waals surface area contributed by atoms with Crippen LogP contribution < -0.4 is 10.1 Å². The zero-order valence-electron chi connectivity index (χ0n) is 11.3. The predicted molar refractivity (Wildman–Crippen MR) is 68.3 cm³/mol. The number of carboxylic acids is 1. The second-order valence-corrected chi connectivity index (χ2v) is 5.06.